The molecule has 0 saturated carbocycles. The number of ether oxygens (including phenoxy) is 3. The molecule has 1 aliphatic heterocycles. The fourth-order valence-electron chi connectivity index (χ4n) is 1.98. The molecule has 1 fully saturated rings. The van der Waals surface area contributed by atoms with Crippen LogP contribution in [-0.2, 0) is 14.2 Å². The highest BCUT2D eigenvalue weighted by molar-refractivity contribution is 5.89. The summed E-state index contributed by atoms with van der Waals surface area (Å²) >= 11 is 0. The molecule has 0 spiro atoms. The summed E-state index contributed by atoms with van der Waals surface area (Å²) in [6, 6.07) is 6.94. The summed E-state index contributed by atoms with van der Waals surface area (Å²) < 4.78 is 15.2. The van der Waals surface area contributed by atoms with E-state index in [1.807, 2.05) is 19.1 Å². The monoisotopic (exact) mass is 282 g/mol. The lowest BCUT2D eigenvalue weighted by Gasteiger charge is -2.14. The molecule has 1 unspecified atom stereocenters. The standard InChI is InChI=1S/C14H18O6/c1-8-3-5-9(6-4-8)13(17)19-7-10-11(15)12(16)14(18-2)20-10/h3-6,10-12,14-16H,7H2,1-2H3/t10-,11-,12-,14?/m1/s1. The number of aryl methyl sites for hydroxylation is 1. The zero-order valence-corrected chi connectivity index (χ0v) is 11.4. The van der Waals surface area contributed by atoms with Gasteiger partial charge in [0.1, 0.15) is 24.9 Å². The van der Waals surface area contributed by atoms with E-state index in [0.29, 0.717) is 5.56 Å². The van der Waals surface area contributed by atoms with Gasteiger partial charge < -0.3 is 24.4 Å². The van der Waals surface area contributed by atoms with Crippen molar-refractivity contribution in [2.75, 3.05) is 13.7 Å². The molecule has 0 radical (unpaired) electrons. The molecule has 1 aromatic rings. The molecule has 20 heavy (non-hydrogen) atoms. The SMILES string of the molecule is COC1O[C@H](COC(=O)c2ccc(C)cc2)[C@@H](O)[C@H]1O. The number of hydrogen-bond donors (Lipinski definition) is 2. The second-order valence-corrected chi connectivity index (χ2v) is 4.72. The van der Waals surface area contributed by atoms with Gasteiger partial charge in [0, 0.05) is 7.11 Å². The van der Waals surface area contributed by atoms with E-state index in [-0.39, 0.29) is 6.61 Å². The van der Waals surface area contributed by atoms with Crippen LogP contribution in [0.4, 0.5) is 0 Å². The van der Waals surface area contributed by atoms with Crippen LogP contribution in [0.25, 0.3) is 0 Å². The molecule has 0 bridgehead atoms. The van der Waals surface area contributed by atoms with E-state index in [9.17, 15) is 15.0 Å². The summed E-state index contributed by atoms with van der Waals surface area (Å²) in [5.74, 6) is -0.504. The van der Waals surface area contributed by atoms with Gasteiger partial charge in [-0.1, -0.05) is 17.7 Å². The average Bonchev–Trinajstić information content (AvgIpc) is 2.73. The predicted molar refractivity (Wildman–Crippen MR) is 69.1 cm³/mol. The maximum Gasteiger partial charge on any atom is 0.338 e. The minimum absolute atomic E-state index is 0.148. The molecule has 1 heterocycles. The van der Waals surface area contributed by atoms with E-state index in [0.717, 1.165) is 5.56 Å². The Bertz CT molecular complexity index is 457. The fourth-order valence-corrected chi connectivity index (χ4v) is 1.98. The van der Waals surface area contributed by atoms with Crippen molar-refractivity contribution in [1.29, 1.82) is 0 Å². The predicted octanol–water partition coefficient (Wildman–Crippen LogP) is 0.245. The summed E-state index contributed by atoms with van der Waals surface area (Å²) in [5.41, 5.74) is 1.47. The minimum Gasteiger partial charge on any atom is -0.459 e. The summed E-state index contributed by atoms with van der Waals surface area (Å²) in [4.78, 5) is 11.8. The van der Waals surface area contributed by atoms with Gasteiger partial charge in [0.2, 0.25) is 0 Å². The van der Waals surface area contributed by atoms with Gasteiger partial charge in [-0.05, 0) is 19.1 Å². The Hall–Kier alpha value is -1.47. The van der Waals surface area contributed by atoms with Crippen molar-refractivity contribution >= 4 is 5.97 Å². The summed E-state index contributed by atoms with van der Waals surface area (Å²) in [5, 5.41) is 19.3. The molecule has 0 amide bonds. The average molecular weight is 282 g/mol. The van der Waals surface area contributed by atoms with E-state index in [2.05, 4.69) is 0 Å². The second kappa shape index (κ2) is 6.32. The summed E-state index contributed by atoms with van der Waals surface area (Å²) in [6.07, 6.45) is -4.01. The van der Waals surface area contributed by atoms with E-state index in [4.69, 9.17) is 14.2 Å². The summed E-state index contributed by atoms with van der Waals surface area (Å²) in [6.45, 7) is 1.77. The Labute approximate surface area is 116 Å². The quantitative estimate of drug-likeness (QED) is 0.770. The van der Waals surface area contributed by atoms with Crippen LogP contribution in [0, 0.1) is 6.92 Å². The minimum atomic E-state index is -1.15. The third-order valence-electron chi connectivity index (χ3n) is 3.22. The largest absolute Gasteiger partial charge is 0.459 e. The molecule has 0 aromatic heterocycles. The van der Waals surface area contributed by atoms with Crippen LogP contribution in [0.3, 0.4) is 0 Å². The lowest BCUT2D eigenvalue weighted by molar-refractivity contribution is -0.153. The molecule has 1 aliphatic rings. The fraction of sp³-hybridized carbons (Fsp3) is 0.500. The van der Waals surface area contributed by atoms with Gasteiger partial charge >= 0.3 is 5.97 Å². The van der Waals surface area contributed by atoms with E-state index in [1.54, 1.807) is 12.1 Å². The van der Waals surface area contributed by atoms with Crippen molar-refractivity contribution in [2.45, 2.75) is 31.5 Å². The van der Waals surface area contributed by atoms with Crippen molar-refractivity contribution in [1.82, 2.24) is 0 Å². The summed E-state index contributed by atoms with van der Waals surface area (Å²) in [7, 11) is 1.36. The Morgan fingerprint density at radius 3 is 2.45 bits per heavy atom. The molecule has 4 atom stereocenters. The van der Waals surface area contributed by atoms with Gasteiger partial charge in [-0.2, -0.15) is 0 Å². The molecular weight excluding hydrogens is 264 g/mol. The number of benzene rings is 1. The first-order chi connectivity index (χ1) is 9.52. The van der Waals surface area contributed by atoms with E-state index >= 15 is 0 Å². The maximum absolute atomic E-state index is 11.8. The van der Waals surface area contributed by atoms with E-state index in [1.165, 1.54) is 7.11 Å². The molecule has 6 nitrogen and oxygen atoms in total. The van der Waals surface area contributed by atoms with Gasteiger partial charge in [-0.25, -0.2) is 4.79 Å². The third kappa shape index (κ3) is 3.16. The molecule has 1 aromatic carbocycles. The number of carbonyl (C=O) groups is 1. The van der Waals surface area contributed by atoms with Crippen LogP contribution in [-0.4, -0.2) is 54.5 Å². The lowest BCUT2D eigenvalue weighted by atomic mass is 10.1. The number of hydrogen-bond acceptors (Lipinski definition) is 6. The molecule has 2 rings (SSSR count). The molecule has 0 aliphatic carbocycles. The van der Waals surface area contributed by atoms with Crippen LogP contribution in [0.1, 0.15) is 15.9 Å². The Kier molecular flexibility index (Phi) is 4.72. The first-order valence-electron chi connectivity index (χ1n) is 6.31. The number of esters is 1. The zero-order chi connectivity index (χ0) is 14.7. The van der Waals surface area contributed by atoms with Gasteiger partial charge in [-0.15, -0.1) is 0 Å². The van der Waals surface area contributed by atoms with Gasteiger partial charge in [0.05, 0.1) is 5.56 Å². The van der Waals surface area contributed by atoms with Crippen LogP contribution in [0.5, 0.6) is 0 Å². The Morgan fingerprint density at radius 1 is 1.25 bits per heavy atom. The van der Waals surface area contributed by atoms with Crippen LogP contribution in [0.15, 0.2) is 24.3 Å². The lowest BCUT2D eigenvalue weighted by Crippen LogP contribution is -2.35. The highest BCUT2D eigenvalue weighted by atomic mass is 16.7. The third-order valence-corrected chi connectivity index (χ3v) is 3.22. The number of carbonyl (C=O) groups excluding carboxylic acids is 1. The van der Waals surface area contributed by atoms with Gasteiger partial charge in [0.15, 0.2) is 6.29 Å². The van der Waals surface area contributed by atoms with Gasteiger partial charge in [-0.3, -0.25) is 0 Å². The number of aliphatic hydroxyl groups excluding tert-OH is 2. The molecule has 6 heteroatoms. The van der Waals surface area contributed by atoms with Crippen molar-refractivity contribution in [3.63, 3.8) is 0 Å². The normalized spacial score (nSPS) is 29.4. The van der Waals surface area contributed by atoms with Crippen LogP contribution < -0.4 is 0 Å². The Morgan fingerprint density at radius 2 is 1.90 bits per heavy atom. The van der Waals surface area contributed by atoms with Crippen LogP contribution >= 0.6 is 0 Å². The van der Waals surface area contributed by atoms with Crippen molar-refractivity contribution in [3.05, 3.63) is 35.4 Å². The van der Waals surface area contributed by atoms with E-state index < -0.39 is 30.6 Å². The molecule has 110 valence electrons. The highest BCUT2D eigenvalue weighted by Crippen LogP contribution is 2.22. The van der Waals surface area contributed by atoms with Crippen molar-refractivity contribution < 1.29 is 29.2 Å². The zero-order valence-electron chi connectivity index (χ0n) is 11.4. The highest BCUT2D eigenvalue weighted by Gasteiger charge is 2.43. The molecule has 1 saturated heterocycles. The molecular formula is C14H18O6. The number of aliphatic hydroxyl groups is 2. The van der Waals surface area contributed by atoms with Crippen molar-refractivity contribution in [3.8, 4) is 0 Å². The maximum atomic E-state index is 11.8. The smallest absolute Gasteiger partial charge is 0.338 e. The topological polar surface area (TPSA) is 85.2 Å². The first kappa shape index (κ1) is 14.9. The molecule has 2 N–H and O–H groups in total. The van der Waals surface area contributed by atoms with Crippen molar-refractivity contribution in [2.24, 2.45) is 0 Å². The van der Waals surface area contributed by atoms with Crippen LogP contribution in [0.2, 0.25) is 0 Å². The first-order valence-corrected chi connectivity index (χ1v) is 6.31. The number of rotatable bonds is 4. The Balaban J connectivity index is 1.89. The van der Waals surface area contributed by atoms with Gasteiger partial charge in [0.25, 0.3) is 0 Å². The second-order valence-electron chi connectivity index (χ2n) is 4.72. The number of methoxy groups -OCH3 is 1.